The molecule has 1 fully saturated rings. The van der Waals surface area contributed by atoms with E-state index >= 15 is 0 Å². The van der Waals surface area contributed by atoms with Crippen LogP contribution in [0.15, 0.2) is 36.7 Å². The van der Waals surface area contributed by atoms with Crippen LogP contribution in [0, 0.1) is 5.92 Å². The first-order chi connectivity index (χ1) is 9.33. The first-order valence-electron chi connectivity index (χ1n) is 7.04. The van der Waals surface area contributed by atoms with Gasteiger partial charge in [-0.3, -0.25) is 4.98 Å². The Morgan fingerprint density at radius 2 is 2.21 bits per heavy atom. The van der Waals surface area contributed by atoms with Crippen molar-refractivity contribution in [2.45, 2.75) is 6.42 Å². The minimum atomic E-state index is 0.667. The molecule has 19 heavy (non-hydrogen) atoms. The molecule has 2 aromatic rings. The van der Waals surface area contributed by atoms with Crippen LogP contribution in [0.5, 0.6) is 0 Å². The molecular weight excluding hydrogens is 234 g/mol. The Kier molecular flexibility index (Phi) is 3.76. The lowest BCUT2D eigenvalue weighted by atomic mass is 9.96. The van der Waals surface area contributed by atoms with Crippen LogP contribution in [0.25, 0.3) is 10.8 Å². The first kappa shape index (κ1) is 12.6. The van der Waals surface area contributed by atoms with Crippen LogP contribution in [-0.2, 0) is 6.42 Å². The van der Waals surface area contributed by atoms with E-state index in [-0.39, 0.29) is 0 Å². The molecule has 0 aliphatic carbocycles. The quantitative estimate of drug-likeness (QED) is 0.889. The molecule has 0 amide bonds. The van der Waals surface area contributed by atoms with E-state index in [0.29, 0.717) is 5.92 Å². The van der Waals surface area contributed by atoms with Crippen LogP contribution in [0.1, 0.15) is 5.56 Å². The van der Waals surface area contributed by atoms with E-state index in [1.54, 1.807) is 0 Å². The second kappa shape index (κ2) is 5.68. The van der Waals surface area contributed by atoms with Gasteiger partial charge in [0.15, 0.2) is 0 Å². The smallest absolute Gasteiger partial charge is 0.0346 e. The van der Waals surface area contributed by atoms with Crippen molar-refractivity contribution in [3.8, 4) is 0 Å². The summed E-state index contributed by atoms with van der Waals surface area (Å²) in [5.41, 5.74) is 1.38. The average Bonchev–Trinajstić information content (AvgIpc) is 2.63. The van der Waals surface area contributed by atoms with Crippen molar-refractivity contribution in [1.82, 2.24) is 15.2 Å². The van der Waals surface area contributed by atoms with Crippen molar-refractivity contribution >= 4 is 10.8 Å². The monoisotopic (exact) mass is 255 g/mol. The number of nitrogens with zero attached hydrogens (tertiary/aromatic N) is 2. The molecule has 0 bridgehead atoms. The van der Waals surface area contributed by atoms with E-state index in [1.165, 1.54) is 16.3 Å². The fraction of sp³-hybridized carbons (Fsp3) is 0.438. The number of pyridine rings is 1. The molecule has 0 radical (unpaired) electrons. The molecule has 3 rings (SSSR count). The summed E-state index contributed by atoms with van der Waals surface area (Å²) in [5.74, 6) is 0.667. The predicted octanol–water partition coefficient (Wildman–Crippen LogP) is 1.93. The lowest BCUT2D eigenvalue weighted by molar-refractivity contribution is 0.309. The second-order valence-electron chi connectivity index (χ2n) is 5.56. The van der Waals surface area contributed by atoms with Crippen LogP contribution in [-0.4, -0.2) is 43.1 Å². The number of nitrogens with one attached hydrogen (secondary N) is 1. The zero-order valence-electron chi connectivity index (χ0n) is 11.5. The highest BCUT2D eigenvalue weighted by atomic mass is 15.1. The largest absolute Gasteiger partial charge is 0.315 e. The zero-order chi connectivity index (χ0) is 13.1. The molecule has 0 unspecified atom stereocenters. The Hall–Kier alpha value is -1.45. The van der Waals surface area contributed by atoms with Gasteiger partial charge in [-0.25, -0.2) is 0 Å². The maximum Gasteiger partial charge on any atom is 0.0346 e. The Morgan fingerprint density at radius 1 is 1.32 bits per heavy atom. The van der Waals surface area contributed by atoms with Gasteiger partial charge in [-0.15, -0.1) is 0 Å². The van der Waals surface area contributed by atoms with Crippen LogP contribution >= 0.6 is 0 Å². The van der Waals surface area contributed by atoms with Gasteiger partial charge in [-0.05, 0) is 36.9 Å². The molecule has 1 aliphatic rings. The van der Waals surface area contributed by atoms with Gasteiger partial charge in [0.1, 0.15) is 0 Å². The third-order valence-electron chi connectivity index (χ3n) is 3.93. The minimum absolute atomic E-state index is 0.667. The number of rotatable bonds is 2. The van der Waals surface area contributed by atoms with Crippen molar-refractivity contribution < 1.29 is 0 Å². The van der Waals surface area contributed by atoms with Crippen molar-refractivity contribution in [2.24, 2.45) is 5.92 Å². The maximum atomic E-state index is 4.39. The molecule has 1 N–H and O–H groups in total. The van der Waals surface area contributed by atoms with Gasteiger partial charge < -0.3 is 10.2 Å². The van der Waals surface area contributed by atoms with Crippen LogP contribution in [0.4, 0.5) is 0 Å². The van der Waals surface area contributed by atoms with Gasteiger partial charge >= 0.3 is 0 Å². The lowest BCUT2D eigenvalue weighted by Gasteiger charge is -2.20. The van der Waals surface area contributed by atoms with E-state index in [2.05, 4.69) is 46.5 Å². The molecule has 2 heterocycles. The number of aromatic nitrogens is 1. The molecule has 1 saturated heterocycles. The molecule has 3 nitrogen and oxygen atoms in total. The molecule has 0 spiro atoms. The van der Waals surface area contributed by atoms with E-state index in [4.69, 9.17) is 0 Å². The predicted molar refractivity (Wildman–Crippen MR) is 79.3 cm³/mol. The van der Waals surface area contributed by atoms with Crippen molar-refractivity contribution in [3.05, 3.63) is 42.2 Å². The van der Waals surface area contributed by atoms with Crippen molar-refractivity contribution in [1.29, 1.82) is 0 Å². The Labute approximate surface area is 114 Å². The summed E-state index contributed by atoms with van der Waals surface area (Å²) in [4.78, 5) is 6.81. The Morgan fingerprint density at radius 3 is 3.16 bits per heavy atom. The fourth-order valence-corrected chi connectivity index (χ4v) is 2.96. The van der Waals surface area contributed by atoms with Crippen LogP contribution < -0.4 is 5.32 Å². The Bertz CT molecular complexity index is 547. The first-order valence-corrected chi connectivity index (χ1v) is 7.04. The zero-order valence-corrected chi connectivity index (χ0v) is 11.5. The van der Waals surface area contributed by atoms with E-state index in [1.807, 2.05) is 12.4 Å². The third kappa shape index (κ3) is 2.94. The van der Waals surface area contributed by atoms with Gasteiger partial charge in [0.2, 0.25) is 0 Å². The summed E-state index contributed by atoms with van der Waals surface area (Å²) in [5, 5.41) is 6.13. The minimum Gasteiger partial charge on any atom is -0.315 e. The summed E-state index contributed by atoms with van der Waals surface area (Å²) in [6.07, 6.45) is 5.09. The molecule has 3 heteroatoms. The summed E-state index contributed by atoms with van der Waals surface area (Å²) in [7, 11) is 2.21. The number of fused-ring (bicyclic) bond motifs is 1. The number of hydrogen-bond acceptors (Lipinski definition) is 3. The van der Waals surface area contributed by atoms with Crippen LogP contribution in [0.2, 0.25) is 0 Å². The van der Waals surface area contributed by atoms with Gasteiger partial charge in [0.05, 0.1) is 0 Å². The van der Waals surface area contributed by atoms with E-state index in [0.717, 1.165) is 32.6 Å². The number of hydrogen-bond donors (Lipinski definition) is 1. The lowest BCUT2D eigenvalue weighted by Crippen LogP contribution is -2.27. The highest BCUT2D eigenvalue weighted by Gasteiger charge is 2.16. The topological polar surface area (TPSA) is 28.2 Å². The molecule has 0 saturated carbocycles. The highest BCUT2D eigenvalue weighted by Crippen LogP contribution is 2.20. The highest BCUT2D eigenvalue weighted by molar-refractivity contribution is 5.84. The van der Waals surface area contributed by atoms with Gasteiger partial charge in [0, 0.05) is 37.4 Å². The fourth-order valence-electron chi connectivity index (χ4n) is 2.96. The molecule has 1 aliphatic heterocycles. The van der Waals surface area contributed by atoms with Crippen molar-refractivity contribution in [2.75, 3.05) is 33.2 Å². The summed E-state index contributed by atoms with van der Waals surface area (Å²) < 4.78 is 0. The van der Waals surface area contributed by atoms with Gasteiger partial charge in [-0.2, -0.15) is 0 Å². The SMILES string of the molecule is CN1CCNC[C@@H](Cc2cncc3ccccc23)C1. The third-order valence-corrected chi connectivity index (χ3v) is 3.93. The molecule has 1 aromatic heterocycles. The van der Waals surface area contributed by atoms with Crippen molar-refractivity contribution in [3.63, 3.8) is 0 Å². The molecular formula is C16H21N3. The summed E-state index contributed by atoms with van der Waals surface area (Å²) >= 11 is 0. The summed E-state index contributed by atoms with van der Waals surface area (Å²) in [6.45, 7) is 4.51. The standard InChI is InChI=1S/C16H21N3/c1-19-7-6-17-9-13(12-19)8-15-11-18-10-14-4-2-3-5-16(14)15/h2-5,10-11,13,17H,6-9,12H2,1H3/t13-/m1/s1. The van der Waals surface area contributed by atoms with Gasteiger partial charge in [-0.1, -0.05) is 24.3 Å². The summed E-state index contributed by atoms with van der Waals surface area (Å²) in [6, 6.07) is 8.54. The molecule has 100 valence electrons. The average molecular weight is 255 g/mol. The van der Waals surface area contributed by atoms with Gasteiger partial charge in [0.25, 0.3) is 0 Å². The van der Waals surface area contributed by atoms with E-state index in [9.17, 15) is 0 Å². The maximum absolute atomic E-state index is 4.39. The molecule has 1 aromatic carbocycles. The van der Waals surface area contributed by atoms with Crippen LogP contribution in [0.3, 0.4) is 0 Å². The normalized spacial score (nSPS) is 21.4. The number of benzene rings is 1. The number of likely N-dealkylation sites (N-methyl/N-ethyl adjacent to an activating group) is 1. The second-order valence-corrected chi connectivity index (χ2v) is 5.56. The van der Waals surface area contributed by atoms with E-state index < -0.39 is 0 Å². The molecule has 1 atom stereocenters. The Balaban J connectivity index is 1.84.